The van der Waals surface area contributed by atoms with Crippen LogP contribution in [0.1, 0.15) is 43.9 Å². The lowest BCUT2D eigenvalue weighted by atomic mass is 9.78. The maximum absolute atomic E-state index is 13.0. The average molecular weight is 285 g/mol. The van der Waals surface area contributed by atoms with Crippen molar-refractivity contribution in [1.29, 1.82) is 0 Å². The Morgan fingerprint density at radius 1 is 1.40 bits per heavy atom. The monoisotopic (exact) mass is 285 g/mol. The first kappa shape index (κ1) is 15.0. The van der Waals surface area contributed by atoms with Gasteiger partial charge in [-0.25, -0.2) is 0 Å². The van der Waals surface area contributed by atoms with Crippen LogP contribution in [-0.2, 0) is 6.18 Å². The Balaban J connectivity index is 2.30. The van der Waals surface area contributed by atoms with Gasteiger partial charge < -0.3 is 5.11 Å². The van der Waals surface area contributed by atoms with Crippen LogP contribution in [0.4, 0.5) is 13.2 Å². The van der Waals surface area contributed by atoms with Crippen molar-refractivity contribution in [3.8, 4) is 0 Å². The molecule has 2 rings (SSSR count). The Labute approximate surface area is 116 Å². The maximum Gasteiger partial charge on any atom is 0.416 e. The Morgan fingerprint density at radius 3 is 2.70 bits per heavy atom. The minimum atomic E-state index is -4.47. The summed E-state index contributed by atoms with van der Waals surface area (Å²) >= 11 is 0. The molecule has 2 nitrogen and oxygen atoms in total. The van der Waals surface area contributed by atoms with Gasteiger partial charge >= 0.3 is 6.18 Å². The normalized spacial score (nSPS) is 25.2. The minimum Gasteiger partial charge on any atom is -0.388 e. The van der Waals surface area contributed by atoms with E-state index in [1.165, 1.54) is 0 Å². The number of allylic oxidation sites excluding steroid dienone is 2. The topological polar surface area (TPSA) is 33.1 Å². The number of hydrogen-bond acceptors (Lipinski definition) is 2. The zero-order valence-electron chi connectivity index (χ0n) is 11.5. The summed E-state index contributed by atoms with van der Waals surface area (Å²) in [6.07, 6.45) is 0.0510. The van der Waals surface area contributed by atoms with E-state index in [2.05, 4.69) is 11.1 Å². The van der Waals surface area contributed by atoms with Crippen LogP contribution in [0.3, 0.4) is 0 Å². The van der Waals surface area contributed by atoms with Crippen molar-refractivity contribution < 1.29 is 18.3 Å². The summed E-state index contributed by atoms with van der Waals surface area (Å²) in [4.78, 5) is 3.74. The number of nitrogens with zero attached hydrogens (tertiary/aromatic N) is 1. The van der Waals surface area contributed by atoms with Crippen LogP contribution in [0.2, 0.25) is 0 Å². The van der Waals surface area contributed by atoms with E-state index in [0.29, 0.717) is 12.8 Å². The molecular weight excluding hydrogens is 267 g/mol. The molecule has 1 aromatic heterocycles. The lowest BCUT2D eigenvalue weighted by Gasteiger charge is -2.30. The van der Waals surface area contributed by atoms with Crippen molar-refractivity contribution in [3.63, 3.8) is 0 Å². The van der Waals surface area contributed by atoms with Gasteiger partial charge in [-0.3, -0.25) is 4.98 Å². The molecule has 1 heterocycles. The Kier molecular flexibility index (Phi) is 4.18. The van der Waals surface area contributed by atoms with Crippen LogP contribution in [0.25, 0.3) is 0 Å². The molecule has 0 aromatic carbocycles. The highest BCUT2D eigenvalue weighted by Crippen LogP contribution is 2.41. The molecule has 0 amide bonds. The third-order valence-corrected chi connectivity index (χ3v) is 3.75. The van der Waals surface area contributed by atoms with Crippen molar-refractivity contribution in [2.45, 2.75) is 39.0 Å². The zero-order chi connectivity index (χ0) is 14.9. The summed E-state index contributed by atoms with van der Waals surface area (Å²) in [6, 6.07) is 0.924. The second-order valence-corrected chi connectivity index (χ2v) is 5.60. The lowest BCUT2D eigenvalue weighted by Crippen LogP contribution is -2.22. The number of aliphatic hydroxyl groups is 1. The molecule has 0 aliphatic heterocycles. The van der Waals surface area contributed by atoms with E-state index < -0.39 is 17.8 Å². The van der Waals surface area contributed by atoms with E-state index in [-0.39, 0.29) is 17.4 Å². The molecule has 1 aromatic rings. The molecule has 0 radical (unpaired) electrons. The van der Waals surface area contributed by atoms with Gasteiger partial charge in [0, 0.05) is 18.0 Å². The molecule has 3 unspecified atom stereocenters. The smallest absolute Gasteiger partial charge is 0.388 e. The van der Waals surface area contributed by atoms with Gasteiger partial charge in [0.15, 0.2) is 0 Å². The van der Waals surface area contributed by atoms with Crippen LogP contribution >= 0.6 is 0 Å². The van der Waals surface area contributed by atoms with E-state index in [1.807, 2.05) is 13.8 Å². The van der Waals surface area contributed by atoms with Gasteiger partial charge in [0.05, 0.1) is 11.7 Å². The molecule has 1 aliphatic rings. The third kappa shape index (κ3) is 3.20. The van der Waals surface area contributed by atoms with E-state index in [1.54, 1.807) is 0 Å². The molecule has 0 bridgehead atoms. The predicted molar refractivity (Wildman–Crippen MR) is 69.8 cm³/mol. The number of aliphatic hydroxyl groups excluding tert-OH is 1. The fourth-order valence-electron chi connectivity index (χ4n) is 2.99. The molecule has 3 atom stereocenters. The van der Waals surface area contributed by atoms with E-state index in [4.69, 9.17) is 0 Å². The first-order valence-electron chi connectivity index (χ1n) is 6.65. The summed E-state index contributed by atoms with van der Waals surface area (Å²) in [5, 5.41) is 10.4. The Hall–Kier alpha value is -1.36. The first-order valence-corrected chi connectivity index (χ1v) is 6.65. The number of halogens is 3. The number of hydrogen-bond donors (Lipinski definition) is 1. The average Bonchev–Trinajstić information content (AvgIpc) is 2.35. The van der Waals surface area contributed by atoms with Gasteiger partial charge in [-0.05, 0) is 37.7 Å². The van der Waals surface area contributed by atoms with Crippen molar-refractivity contribution in [3.05, 3.63) is 41.2 Å². The summed E-state index contributed by atoms with van der Waals surface area (Å²) in [7, 11) is 0. The summed E-state index contributed by atoms with van der Waals surface area (Å²) < 4.78 is 38.9. The van der Waals surface area contributed by atoms with Gasteiger partial charge in [-0.1, -0.05) is 18.6 Å². The maximum atomic E-state index is 13.0. The van der Waals surface area contributed by atoms with E-state index in [9.17, 15) is 18.3 Å². The van der Waals surface area contributed by atoms with Crippen LogP contribution in [0.5, 0.6) is 0 Å². The number of alkyl halides is 3. The molecule has 0 saturated heterocycles. The van der Waals surface area contributed by atoms with Crippen molar-refractivity contribution in [1.82, 2.24) is 4.98 Å². The minimum absolute atomic E-state index is 0.119. The summed E-state index contributed by atoms with van der Waals surface area (Å²) in [6.45, 7) is 3.96. The molecule has 0 fully saturated rings. The summed E-state index contributed by atoms with van der Waals surface area (Å²) in [5.74, 6) is 0.0784. The highest BCUT2D eigenvalue weighted by Gasteiger charge is 2.37. The van der Waals surface area contributed by atoms with Crippen molar-refractivity contribution in [2.75, 3.05) is 0 Å². The van der Waals surface area contributed by atoms with Crippen LogP contribution < -0.4 is 0 Å². The standard InChI is InChI=1S/C15H18F3NO/c1-9-5-10(2)7-11(6-9)14(20)12-8-19-4-3-13(12)15(16,17)18/h3-5,8-9,11,14,20H,6-7H2,1-2H3. The number of rotatable bonds is 2. The first-order chi connectivity index (χ1) is 9.29. The SMILES string of the molecule is CC1=CC(C)CC(C(O)c2cnccc2C(F)(F)F)C1. The van der Waals surface area contributed by atoms with Crippen LogP contribution in [0.15, 0.2) is 30.1 Å². The summed E-state index contributed by atoms with van der Waals surface area (Å²) in [5.41, 5.74) is 0.206. The highest BCUT2D eigenvalue weighted by atomic mass is 19.4. The fraction of sp³-hybridized carbons (Fsp3) is 0.533. The quantitative estimate of drug-likeness (QED) is 0.829. The van der Waals surface area contributed by atoms with Crippen LogP contribution in [0, 0.1) is 11.8 Å². The van der Waals surface area contributed by atoms with Crippen molar-refractivity contribution in [2.24, 2.45) is 11.8 Å². The number of pyridine rings is 1. The Morgan fingerprint density at radius 2 is 2.10 bits per heavy atom. The van der Waals surface area contributed by atoms with E-state index in [0.717, 1.165) is 24.0 Å². The molecule has 5 heteroatoms. The molecule has 20 heavy (non-hydrogen) atoms. The molecule has 1 N–H and O–H groups in total. The molecule has 0 saturated carbocycles. The zero-order valence-corrected chi connectivity index (χ0v) is 11.5. The lowest BCUT2D eigenvalue weighted by molar-refractivity contribution is -0.139. The van der Waals surface area contributed by atoms with Gasteiger partial charge in [0.1, 0.15) is 0 Å². The second kappa shape index (κ2) is 5.56. The third-order valence-electron chi connectivity index (χ3n) is 3.75. The molecule has 0 spiro atoms. The van der Waals surface area contributed by atoms with Gasteiger partial charge in [0.2, 0.25) is 0 Å². The highest BCUT2D eigenvalue weighted by molar-refractivity contribution is 5.29. The molecule has 1 aliphatic carbocycles. The molecule has 110 valence electrons. The van der Waals surface area contributed by atoms with Gasteiger partial charge in [-0.2, -0.15) is 13.2 Å². The second-order valence-electron chi connectivity index (χ2n) is 5.60. The predicted octanol–water partition coefficient (Wildman–Crippen LogP) is 4.13. The van der Waals surface area contributed by atoms with Crippen LogP contribution in [-0.4, -0.2) is 10.1 Å². The van der Waals surface area contributed by atoms with Gasteiger partial charge in [-0.15, -0.1) is 0 Å². The number of aromatic nitrogens is 1. The fourth-order valence-corrected chi connectivity index (χ4v) is 2.99. The van der Waals surface area contributed by atoms with Crippen molar-refractivity contribution >= 4 is 0 Å². The largest absolute Gasteiger partial charge is 0.416 e. The molecular formula is C15H18F3NO. The van der Waals surface area contributed by atoms with Gasteiger partial charge in [0.25, 0.3) is 0 Å². The van der Waals surface area contributed by atoms with E-state index >= 15 is 0 Å². The Bertz CT molecular complexity index is 510.